The minimum absolute atomic E-state index is 0.000295. The molecule has 0 aliphatic heterocycles. The molecule has 0 aliphatic rings. The van der Waals surface area contributed by atoms with E-state index >= 15 is 0 Å². The van der Waals surface area contributed by atoms with Gasteiger partial charge in [-0.25, -0.2) is 4.98 Å². The molecule has 0 saturated heterocycles. The molecule has 1 aromatic heterocycles. The first-order valence-corrected chi connectivity index (χ1v) is 5.73. The summed E-state index contributed by atoms with van der Waals surface area (Å²) in [5, 5.41) is 0.880. The van der Waals surface area contributed by atoms with Crippen molar-refractivity contribution >= 4 is 17.2 Å². The van der Waals surface area contributed by atoms with Crippen LogP contribution in [0.15, 0.2) is 36.5 Å². The van der Waals surface area contributed by atoms with Crippen LogP contribution in [-0.2, 0) is 0 Å². The van der Waals surface area contributed by atoms with Crippen molar-refractivity contribution in [2.75, 3.05) is 14.1 Å². The first-order valence-electron chi connectivity index (χ1n) is 4.91. The number of aromatic nitrogens is 1. The van der Waals surface area contributed by atoms with Gasteiger partial charge >= 0.3 is 0 Å². The lowest BCUT2D eigenvalue weighted by atomic mass is 10.2. The molecule has 4 heteroatoms. The quantitative estimate of drug-likeness (QED) is 0.797. The second kappa shape index (κ2) is 4.45. The average molecular weight is 232 g/mol. The first kappa shape index (κ1) is 10.8. The predicted octanol–water partition coefficient (Wildman–Crippen LogP) is 2.51. The summed E-state index contributed by atoms with van der Waals surface area (Å²) in [6.07, 6.45) is 1.63. The first-order chi connectivity index (χ1) is 7.68. The zero-order chi connectivity index (χ0) is 11.5. The lowest BCUT2D eigenvalue weighted by molar-refractivity contribution is 0.0832. The van der Waals surface area contributed by atoms with Crippen LogP contribution in [0.5, 0.6) is 0 Å². The molecular weight excluding hydrogens is 220 g/mol. The lowest BCUT2D eigenvalue weighted by Crippen LogP contribution is -2.20. The van der Waals surface area contributed by atoms with Crippen molar-refractivity contribution < 1.29 is 4.79 Å². The lowest BCUT2D eigenvalue weighted by Gasteiger charge is -2.06. The second-order valence-electron chi connectivity index (χ2n) is 3.60. The van der Waals surface area contributed by atoms with Crippen molar-refractivity contribution in [1.29, 1.82) is 0 Å². The molecule has 0 radical (unpaired) electrons. The van der Waals surface area contributed by atoms with Gasteiger partial charge in [0.05, 0.1) is 6.20 Å². The van der Waals surface area contributed by atoms with Gasteiger partial charge in [0.15, 0.2) is 0 Å². The van der Waals surface area contributed by atoms with E-state index in [2.05, 4.69) is 4.98 Å². The number of hydrogen-bond donors (Lipinski definition) is 0. The standard InChI is InChI=1S/C12H12N2OS/c1-14(2)12(15)10-8-13-11(16-10)9-6-4-3-5-7-9/h3-8H,1-2H3. The summed E-state index contributed by atoms with van der Waals surface area (Å²) in [6, 6.07) is 9.86. The van der Waals surface area contributed by atoms with Crippen molar-refractivity contribution in [2.45, 2.75) is 0 Å². The van der Waals surface area contributed by atoms with E-state index in [-0.39, 0.29) is 5.91 Å². The van der Waals surface area contributed by atoms with E-state index < -0.39 is 0 Å². The molecule has 0 aliphatic carbocycles. The Hall–Kier alpha value is -1.68. The molecule has 0 spiro atoms. The topological polar surface area (TPSA) is 33.2 Å². The van der Waals surface area contributed by atoms with Gasteiger partial charge in [-0.05, 0) is 0 Å². The van der Waals surface area contributed by atoms with Gasteiger partial charge in [-0.3, -0.25) is 4.79 Å². The summed E-state index contributed by atoms with van der Waals surface area (Å²) in [5.74, 6) is -0.000295. The van der Waals surface area contributed by atoms with Crippen molar-refractivity contribution in [3.05, 3.63) is 41.4 Å². The van der Waals surface area contributed by atoms with Crippen molar-refractivity contribution in [3.63, 3.8) is 0 Å². The number of hydrogen-bond acceptors (Lipinski definition) is 3. The van der Waals surface area contributed by atoms with Crippen LogP contribution < -0.4 is 0 Å². The molecule has 3 nitrogen and oxygen atoms in total. The maximum Gasteiger partial charge on any atom is 0.265 e. The Bertz CT molecular complexity index is 491. The molecule has 0 unspecified atom stereocenters. The summed E-state index contributed by atoms with van der Waals surface area (Å²) in [6.45, 7) is 0. The van der Waals surface area contributed by atoms with Gasteiger partial charge in [-0.15, -0.1) is 11.3 Å². The Kier molecular flexibility index (Phi) is 3.01. The Morgan fingerprint density at radius 2 is 1.94 bits per heavy atom. The highest BCUT2D eigenvalue weighted by atomic mass is 32.1. The molecule has 2 aromatic rings. The van der Waals surface area contributed by atoms with E-state index in [0.717, 1.165) is 10.6 Å². The Morgan fingerprint density at radius 3 is 2.56 bits per heavy atom. The van der Waals surface area contributed by atoms with Crippen LogP contribution in [0.25, 0.3) is 10.6 Å². The fourth-order valence-electron chi connectivity index (χ4n) is 1.31. The van der Waals surface area contributed by atoms with Crippen molar-refractivity contribution in [3.8, 4) is 10.6 Å². The fraction of sp³-hybridized carbons (Fsp3) is 0.167. The van der Waals surface area contributed by atoms with E-state index in [1.165, 1.54) is 11.3 Å². The third-order valence-corrected chi connectivity index (χ3v) is 3.18. The van der Waals surface area contributed by atoms with E-state index in [4.69, 9.17) is 0 Å². The molecule has 1 amide bonds. The second-order valence-corrected chi connectivity index (χ2v) is 4.63. The van der Waals surface area contributed by atoms with Gasteiger partial charge in [-0.1, -0.05) is 30.3 Å². The summed E-state index contributed by atoms with van der Waals surface area (Å²) in [7, 11) is 3.48. The molecule has 1 aromatic carbocycles. The smallest absolute Gasteiger partial charge is 0.265 e. The summed E-state index contributed by atoms with van der Waals surface area (Å²) in [5.41, 5.74) is 1.05. The number of rotatable bonds is 2. The molecular formula is C12H12N2OS. The maximum atomic E-state index is 11.7. The number of benzene rings is 1. The Labute approximate surface area is 98.4 Å². The minimum atomic E-state index is -0.000295. The van der Waals surface area contributed by atoms with Crippen molar-refractivity contribution in [1.82, 2.24) is 9.88 Å². The molecule has 16 heavy (non-hydrogen) atoms. The minimum Gasteiger partial charge on any atom is -0.344 e. The summed E-state index contributed by atoms with van der Waals surface area (Å²) >= 11 is 1.42. The van der Waals surface area contributed by atoms with Crippen LogP contribution in [0.4, 0.5) is 0 Å². The third-order valence-electron chi connectivity index (χ3n) is 2.14. The van der Waals surface area contributed by atoms with E-state index in [1.54, 1.807) is 25.2 Å². The normalized spacial score (nSPS) is 10.1. The van der Waals surface area contributed by atoms with Crippen LogP contribution in [0.1, 0.15) is 9.67 Å². The molecule has 0 N–H and O–H groups in total. The van der Waals surface area contributed by atoms with Crippen LogP contribution in [0.3, 0.4) is 0 Å². The van der Waals surface area contributed by atoms with Gasteiger partial charge in [0.25, 0.3) is 5.91 Å². The SMILES string of the molecule is CN(C)C(=O)c1cnc(-c2ccccc2)s1. The predicted molar refractivity (Wildman–Crippen MR) is 65.6 cm³/mol. The van der Waals surface area contributed by atoms with Gasteiger partial charge < -0.3 is 4.90 Å². The van der Waals surface area contributed by atoms with Crippen molar-refractivity contribution in [2.24, 2.45) is 0 Å². The highest BCUT2D eigenvalue weighted by Crippen LogP contribution is 2.25. The number of nitrogens with zero attached hydrogens (tertiary/aromatic N) is 2. The largest absolute Gasteiger partial charge is 0.344 e. The maximum absolute atomic E-state index is 11.7. The number of thiazole rings is 1. The molecule has 2 rings (SSSR count). The number of carbonyl (C=O) groups is 1. The average Bonchev–Trinajstić information content (AvgIpc) is 2.78. The van der Waals surface area contributed by atoms with Crippen LogP contribution >= 0.6 is 11.3 Å². The monoisotopic (exact) mass is 232 g/mol. The molecule has 0 fully saturated rings. The van der Waals surface area contributed by atoms with Crippen LogP contribution in [0, 0.1) is 0 Å². The van der Waals surface area contributed by atoms with Gasteiger partial charge in [0.2, 0.25) is 0 Å². The third kappa shape index (κ3) is 2.12. The van der Waals surface area contributed by atoms with E-state index in [9.17, 15) is 4.79 Å². The number of carbonyl (C=O) groups excluding carboxylic acids is 1. The molecule has 0 saturated carbocycles. The van der Waals surface area contributed by atoms with Gasteiger partial charge in [0.1, 0.15) is 9.88 Å². The fourth-order valence-corrected chi connectivity index (χ4v) is 2.25. The molecule has 1 heterocycles. The summed E-state index contributed by atoms with van der Waals surface area (Å²) < 4.78 is 0. The highest BCUT2D eigenvalue weighted by molar-refractivity contribution is 7.16. The van der Waals surface area contributed by atoms with Gasteiger partial charge in [0, 0.05) is 19.7 Å². The molecule has 0 atom stereocenters. The van der Waals surface area contributed by atoms with E-state index in [1.807, 2.05) is 30.3 Å². The molecule has 0 bridgehead atoms. The zero-order valence-electron chi connectivity index (χ0n) is 9.18. The Balaban J connectivity index is 2.30. The van der Waals surface area contributed by atoms with E-state index in [0.29, 0.717) is 4.88 Å². The zero-order valence-corrected chi connectivity index (χ0v) is 9.99. The van der Waals surface area contributed by atoms with Crippen LogP contribution in [-0.4, -0.2) is 29.9 Å². The van der Waals surface area contributed by atoms with Crippen LogP contribution in [0.2, 0.25) is 0 Å². The number of amides is 1. The Morgan fingerprint density at radius 1 is 1.25 bits per heavy atom. The highest BCUT2D eigenvalue weighted by Gasteiger charge is 2.12. The van der Waals surface area contributed by atoms with Gasteiger partial charge in [-0.2, -0.15) is 0 Å². The molecule has 82 valence electrons. The summed E-state index contributed by atoms with van der Waals surface area (Å²) in [4.78, 5) is 18.2.